The minimum Gasteiger partial charge on any atom is -0.451 e. The second-order valence-corrected chi connectivity index (χ2v) is 8.35. The molecule has 2 rings (SSSR count). The Morgan fingerprint density at radius 2 is 1.76 bits per heavy atom. The molecule has 0 saturated heterocycles. The molecule has 2 aromatic rings. The lowest BCUT2D eigenvalue weighted by atomic mass is 10.00. The van der Waals surface area contributed by atoms with Gasteiger partial charge in [-0.2, -0.15) is 0 Å². The van der Waals surface area contributed by atoms with Crippen molar-refractivity contribution >= 4 is 40.0 Å². The number of fused-ring (bicyclic) bond motifs is 1. The average molecular weight is 418 g/mol. The Kier molecular flexibility index (Phi) is 8.20. The summed E-state index contributed by atoms with van der Waals surface area (Å²) in [4.78, 5) is 26.0. The molecule has 1 heterocycles. The van der Waals surface area contributed by atoms with Crippen LogP contribution in [0, 0.1) is 11.8 Å². The Balaban J connectivity index is 2.00. The first kappa shape index (κ1) is 22.9. The van der Waals surface area contributed by atoms with Gasteiger partial charge in [0, 0.05) is 18.0 Å². The van der Waals surface area contributed by atoms with Gasteiger partial charge >= 0.3 is 0 Å². The zero-order valence-corrected chi connectivity index (χ0v) is 18.6. The third kappa shape index (κ3) is 6.29. The van der Waals surface area contributed by atoms with Crippen LogP contribution in [0.2, 0.25) is 0 Å². The maximum Gasteiger partial charge on any atom is 0.287 e. The summed E-state index contributed by atoms with van der Waals surface area (Å²) in [6, 6.07) is 8.58. The molecule has 2 amide bonds. The Morgan fingerprint density at radius 3 is 2.34 bits per heavy atom. The average Bonchev–Trinajstić information content (AvgIpc) is 3.12. The molecule has 0 aliphatic carbocycles. The van der Waals surface area contributed by atoms with Crippen molar-refractivity contribution in [3.8, 4) is 0 Å². The molecule has 2 atom stereocenters. The van der Waals surface area contributed by atoms with Gasteiger partial charge in [-0.15, -0.1) is 0 Å². The molecule has 1 aromatic carbocycles. The van der Waals surface area contributed by atoms with E-state index in [1.165, 1.54) is 0 Å². The van der Waals surface area contributed by atoms with E-state index in [1.54, 1.807) is 6.07 Å². The Bertz CT molecular complexity index is 827. The molecule has 6 nitrogen and oxygen atoms in total. The van der Waals surface area contributed by atoms with Crippen molar-refractivity contribution in [3.05, 3.63) is 36.1 Å². The first-order valence-electron chi connectivity index (χ1n) is 10.1. The molecule has 29 heavy (non-hydrogen) atoms. The first-order valence-corrected chi connectivity index (χ1v) is 10.5. The quantitative estimate of drug-likeness (QED) is 0.543. The van der Waals surface area contributed by atoms with E-state index in [-0.39, 0.29) is 35.5 Å². The first-order chi connectivity index (χ1) is 13.7. The molecule has 0 spiro atoms. The molecule has 0 bridgehead atoms. The number of benzene rings is 1. The fourth-order valence-electron chi connectivity index (χ4n) is 2.92. The molecular formula is C22H31N3O3S. The Morgan fingerprint density at radius 1 is 1.07 bits per heavy atom. The van der Waals surface area contributed by atoms with Gasteiger partial charge in [0.2, 0.25) is 5.91 Å². The van der Waals surface area contributed by atoms with Crippen molar-refractivity contribution in [2.75, 3.05) is 6.54 Å². The molecular weight excluding hydrogens is 386 g/mol. The molecule has 158 valence electrons. The zero-order chi connectivity index (χ0) is 21.6. The second-order valence-electron chi connectivity index (χ2n) is 7.86. The van der Waals surface area contributed by atoms with Crippen LogP contribution in [0.5, 0.6) is 0 Å². The van der Waals surface area contributed by atoms with Crippen LogP contribution >= 0.6 is 12.2 Å². The van der Waals surface area contributed by atoms with Gasteiger partial charge < -0.3 is 20.4 Å². The normalized spacial score (nSPS) is 13.3. The molecule has 0 aliphatic heterocycles. The fourth-order valence-corrected chi connectivity index (χ4v) is 3.05. The molecule has 3 N–H and O–H groups in total. The number of nitrogens with one attached hydrogen (secondary N) is 3. The molecule has 0 fully saturated rings. The fraction of sp³-hybridized carbons (Fsp3) is 0.500. The van der Waals surface area contributed by atoms with E-state index in [1.807, 2.05) is 58.9 Å². The van der Waals surface area contributed by atoms with Crippen LogP contribution in [-0.2, 0) is 4.79 Å². The van der Waals surface area contributed by atoms with E-state index in [0.717, 1.165) is 5.39 Å². The number of hydrogen-bond donors (Lipinski definition) is 3. The van der Waals surface area contributed by atoms with E-state index >= 15 is 0 Å². The summed E-state index contributed by atoms with van der Waals surface area (Å²) in [5, 5.41) is 9.94. The van der Waals surface area contributed by atoms with Crippen molar-refractivity contribution < 1.29 is 14.0 Å². The standard InChI is InChI=1S/C22H31N3O3S/c1-6-19(29)25-20(14(4)5)22(27)24-16(13(2)3)12-23-21(26)18-11-15-9-7-8-10-17(15)28-18/h7-11,13-14,16,20H,6,12H2,1-5H3,(H,23,26)(H,24,27)(H,25,29)/t16-,20?/m1/s1. The van der Waals surface area contributed by atoms with Crippen molar-refractivity contribution in [1.82, 2.24) is 16.0 Å². The highest BCUT2D eigenvalue weighted by atomic mass is 32.1. The third-order valence-corrected chi connectivity index (χ3v) is 5.26. The summed E-state index contributed by atoms with van der Waals surface area (Å²) in [5.74, 6) is 0.0626. The highest BCUT2D eigenvalue weighted by Crippen LogP contribution is 2.18. The molecule has 0 saturated carbocycles. The minimum atomic E-state index is -0.408. The number of hydrogen-bond acceptors (Lipinski definition) is 4. The molecule has 7 heteroatoms. The van der Waals surface area contributed by atoms with Crippen LogP contribution in [0.3, 0.4) is 0 Å². The number of rotatable bonds is 9. The molecule has 0 radical (unpaired) electrons. The number of carbonyl (C=O) groups is 2. The molecule has 1 unspecified atom stereocenters. The van der Waals surface area contributed by atoms with Crippen LogP contribution < -0.4 is 16.0 Å². The van der Waals surface area contributed by atoms with Gasteiger partial charge in [-0.3, -0.25) is 9.59 Å². The van der Waals surface area contributed by atoms with E-state index in [2.05, 4.69) is 16.0 Å². The van der Waals surface area contributed by atoms with E-state index in [9.17, 15) is 9.59 Å². The van der Waals surface area contributed by atoms with Gasteiger partial charge in [0.15, 0.2) is 5.76 Å². The van der Waals surface area contributed by atoms with Gasteiger partial charge in [0.25, 0.3) is 5.91 Å². The number of thiocarbonyl (C=S) groups is 1. The highest BCUT2D eigenvalue weighted by Gasteiger charge is 2.26. The van der Waals surface area contributed by atoms with Crippen molar-refractivity contribution in [1.29, 1.82) is 0 Å². The Labute approximate surface area is 177 Å². The third-order valence-electron chi connectivity index (χ3n) is 4.85. The van der Waals surface area contributed by atoms with Crippen LogP contribution in [0.25, 0.3) is 11.0 Å². The predicted molar refractivity (Wildman–Crippen MR) is 120 cm³/mol. The lowest BCUT2D eigenvalue weighted by Gasteiger charge is -2.28. The van der Waals surface area contributed by atoms with Gasteiger partial charge in [-0.25, -0.2) is 0 Å². The summed E-state index contributed by atoms with van der Waals surface area (Å²) >= 11 is 5.24. The van der Waals surface area contributed by atoms with E-state index in [4.69, 9.17) is 16.6 Å². The smallest absolute Gasteiger partial charge is 0.287 e. The van der Waals surface area contributed by atoms with Gasteiger partial charge in [-0.05, 0) is 30.4 Å². The highest BCUT2D eigenvalue weighted by molar-refractivity contribution is 7.80. The maximum atomic E-state index is 12.8. The van der Waals surface area contributed by atoms with E-state index < -0.39 is 6.04 Å². The van der Waals surface area contributed by atoms with Crippen LogP contribution in [0.15, 0.2) is 34.7 Å². The molecule has 0 aliphatic rings. The number of amides is 2. The summed E-state index contributed by atoms with van der Waals surface area (Å²) < 4.78 is 5.61. The summed E-state index contributed by atoms with van der Waals surface area (Å²) in [5.41, 5.74) is 0.670. The largest absolute Gasteiger partial charge is 0.451 e. The molecule has 1 aromatic heterocycles. The van der Waals surface area contributed by atoms with Crippen molar-refractivity contribution in [2.45, 2.75) is 53.1 Å². The summed E-state index contributed by atoms with van der Waals surface area (Å²) in [7, 11) is 0. The van der Waals surface area contributed by atoms with Crippen molar-refractivity contribution in [3.63, 3.8) is 0 Å². The SMILES string of the molecule is CCC(=S)NC(C(=O)N[C@H](CNC(=O)c1cc2ccccc2o1)C(C)C)C(C)C. The van der Waals surface area contributed by atoms with Crippen molar-refractivity contribution in [2.24, 2.45) is 11.8 Å². The predicted octanol–water partition coefficient (Wildman–Crippen LogP) is 3.66. The van der Waals surface area contributed by atoms with Gasteiger partial charge in [0.05, 0.1) is 4.99 Å². The van der Waals surface area contributed by atoms with E-state index in [0.29, 0.717) is 23.5 Å². The zero-order valence-electron chi connectivity index (χ0n) is 17.7. The Hall–Kier alpha value is -2.41. The topological polar surface area (TPSA) is 83.4 Å². The summed E-state index contributed by atoms with van der Waals surface area (Å²) in [6.45, 7) is 10.2. The lowest BCUT2D eigenvalue weighted by molar-refractivity contribution is -0.124. The van der Waals surface area contributed by atoms with Crippen LogP contribution in [0.1, 0.15) is 51.6 Å². The monoisotopic (exact) mass is 417 g/mol. The number of furan rings is 1. The summed E-state index contributed by atoms with van der Waals surface area (Å²) in [6.07, 6.45) is 0.688. The second kappa shape index (κ2) is 10.4. The lowest BCUT2D eigenvalue weighted by Crippen LogP contribution is -2.55. The van der Waals surface area contributed by atoms with Gasteiger partial charge in [-0.1, -0.05) is 65.0 Å². The van der Waals surface area contributed by atoms with Gasteiger partial charge in [0.1, 0.15) is 11.6 Å². The maximum absolute atomic E-state index is 12.8. The number of carbonyl (C=O) groups excluding carboxylic acids is 2. The number of para-hydroxylation sites is 1. The van der Waals surface area contributed by atoms with Crippen LogP contribution in [0.4, 0.5) is 0 Å². The minimum absolute atomic E-state index is 0.0810. The van der Waals surface area contributed by atoms with Crippen LogP contribution in [-0.4, -0.2) is 35.4 Å².